The summed E-state index contributed by atoms with van der Waals surface area (Å²) >= 11 is 0. The third-order valence-corrected chi connectivity index (χ3v) is 6.42. The summed E-state index contributed by atoms with van der Waals surface area (Å²) in [6.07, 6.45) is 3.88. The molecule has 172 valence electrons. The monoisotopic (exact) mass is 463 g/mol. The molecule has 0 fully saturated rings. The van der Waals surface area contributed by atoms with Crippen LogP contribution in [0.1, 0.15) is 30.7 Å². The molecule has 0 atom stereocenters. The second kappa shape index (κ2) is 9.86. The number of fused-ring (bicyclic) bond motifs is 3. The van der Waals surface area contributed by atoms with Gasteiger partial charge >= 0.3 is 0 Å². The van der Waals surface area contributed by atoms with Gasteiger partial charge in [-0.05, 0) is 49.6 Å². The van der Waals surface area contributed by atoms with E-state index in [9.17, 15) is 4.79 Å². The van der Waals surface area contributed by atoms with Crippen molar-refractivity contribution in [3.63, 3.8) is 0 Å². The van der Waals surface area contributed by atoms with Crippen molar-refractivity contribution in [3.8, 4) is 11.4 Å². The van der Waals surface area contributed by atoms with Crippen molar-refractivity contribution in [1.29, 1.82) is 0 Å². The fourth-order valence-corrected chi connectivity index (χ4v) is 4.59. The number of H-pyrrole nitrogens is 1. The summed E-state index contributed by atoms with van der Waals surface area (Å²) < 4.78 is 7.47. The molecule has 0 radical (unpaired) electrons. The number of nitrogens with one attached hydrogen (secondary N) is 1. The summed E-state index contributed by atoms with van der Waals surface area (Å²) in [4.78, 5) is 19.0. The number of ether oxygens (including phenoxy) is 1. The molecule has 2 aromatic carbocycles. The van der Waals surface area contributed by atoms with E-state index in [0.717, 1.165) is 42.7 Å². The summed E-state index contributed by atoms with van der Waals surface area (Å²) in [6.45, 7) is 7.13. The molecule has 1 aliphatic heterocycles. The van der Waals surface area contributed by atoms with Crippen molar-refractivity contribution in [2.45, 2.75) is 39.3 Å². The summed E-state index contributed by atoms with van der Waals surface area (Å²) in [7, 11) is 0. The van der Waals surface area contributed by atoms with E-state index in [0.29, 0.717) is 18.4 Å². The first kappa shape index (κ1) is 23.1. The number of pyridine rings is 1. The fraction of sp³-hybridized carbons (Fsp3) is 0.296. The van der Waals surface area contributed by atoms with Gasteiger partial charge in [0.1, 0.15) is 12.4 Å². The van der Waals surface area contributed by atoms with Crippen LogP contribution < -0.4 is 10.3 Å². The van der Waals surface area contributed by atoms with Gasteiger partial charge in [-0.1, -0.05) is 36.4 Å². The number of benzene rings is 2. The molecule has 0 bridgehead atoms. The van der Waals surface area contributed by atoms with Crippen molar-refractivity contribution in [3.05, 3.63) is 94.0 Å². The lowest BCUT2D eigenvalue weighted by molar-refractivity contribution is 0.232. The van der Waals surface area contributed by atoms with Crippen molar-refractivity contribution in [1.82, 2.24) is 14.5 Å². The molecular weight excluding hydrogens is 434 g/mol. The summed E-state index contributed by atoms with van der Waals surface area (Å²) in [5.41, 5.74) is 5.68. The van der Waals surface area contributed by atoms with Crippen LogP contribution in [0.4, 0.5) is 0 Å². The fourth-order valence-electron chi connectivity index (χ4n) is 4.59. The highest BCUT2D eigenvalue weighted by Gasteiger charge is 2.20. The van der Waals surface area contributed by atoms with Crippen LogP contribution in [0.3, 0.4) is 0 Å². The average molecular weight is 464 g/mol. The minimum absolute atomic E-state index is 0. The Hall–Kier alpha value is -3.02. The number of halogens is 1. The second-order valence-corrected chi connectivity index (χ2v) is 8.79. The van der Waals surface area contributed by atoms with Crippen LogP contribution in [0.2, 0.25) is 0 Å². The van der Waals surface area contributed by atoms with E-state index in [2.05, 4.69) is 35.9 Å². The highest BCUT2D eigenvalue weighted by molar-refractivity contribution is 5.86. The SMILES string of the molecule is CC(C)N1CCc2[nH]c3cc(-n4ccc(OCc5ccccc5)cc4=O)ccc3c2CC1.Cl. The lowest BCUT2D eigenvalue weighted by atomic mass is 10.1. The molecule has 2 aromatic heterocycles. The molecule has 4 aromatic rings. The Morgan fingerprint density at radius 1 is 1.00 bits per heavy atom. The predicted molar refractivity (Wildman–Crippen MR) is 136 cm³/mol. The Morgan fingerprint density at radius 2 is 1.79 bits per heavy atom. The quantitative estimate of drug-likeness (QED) is 0.446. The predicted octanol–water partition coefficient (Wildman–Crippen LogP) is 5.13. The molecule has 3 heterocycles. The van der Waals surface area contributed by atoms with Gasteiger partial charge in [0.25, 0.3) is 5.56 Å². The van der Waals surface area contributed by atoms with Gasteiger partial charge in [0.15, 0.2) is 0 Å². The largest absolute Gasteiger partial charge is 0.489 e. The molecule has 0 aliphatic carbocycles. The van der Waals surface area contributed by atoms with E-state index in [-0.39, 0.29) is 18.0 Å². The van der Waals surface area contributed by atoms with Gasteiger partial charge in [0.2, 0.25) is 0 Å². The lowest BCUT2D eigenvalue weighted by Gasteiger charge is -2.24. The van der Waals surface area contributed by atoms with Crippen LogP contribution in [0.15, 0.2) is 71.7 Å². The highest BCUT2D eigenvalue weighted by Crippen LogP contribution is 2.28. The molecule has 5 nitrogen and oxygen atoms in total. The number of hydrogen-bond donors (Lipinski definition) is 1. The zero-order valence-corrected chi connectivity index (χ0v) is 19.9. The van der Waals surface area contributed by atoms with Crippen molar-refractivity contribution in [2.24, 2.45) is 0 Å². The Bertz CT molecular complexity index is 1290. The van der Waals surface area contributed by atoms with Crippen LogP contribution in [0.5, 0.6) is 5.75 Å². The summed E-state index contributed by atoms with van der Waals surface area (Å²) in [5, 5.41) is 1.27. The molecule has 33 heavy (non-hydrogen) atoms. The van der Waals surface area contributed by atoms with E-state index in [1.165, 1.54) is 16.6 Å². The second-order valence-electron chi connectivity index (χ2n) is 8.79. The van der Waals surface area contributed by atoms with E-state index in [4.69, 9.17) is 4.74 Å². The van der Waals surface area contributed by atoms with Crippen molar-refractivity contribution < 1.29 is 4.74 Å². The number of aromatic nitrogens is 2. The zero-order chi connectivity index (χ0) is 22.1. The topological polar surface area (TPSA) is 50.3 Å². The van der Waals surface area contributed by atoms with E-state index >= 15 is 0 Å². The molecular formula is C27H30ClN3O2. The van der Waals surface area contributed by atoms with E-state index in [1.807, 2.05) is 42.5 Å². The lowest BCUT2D eigenvalue weighted by Crippen LogP contribution is -2.33. The maximum Gasteiger partial charge on any atom is 0.258 e. The number of nitrogens with zero attached hydrogens (tertiary/aromatic N) is 2. The van der Waals surface area contributed by atoms with Gasteiger partial charge in [-0.2, -0.15) is 0 Å². The third-order valence-electron chi connectivity index (χ3n) is 6.42. The standard InChI is InChI=1S/C27H29N3O2.ClH/c1-19(2)29-13-11-24-23-9-8-21(16-26(23)28-25(24)12-14-29)30-15-10-22(17-27(30)31)32-18-20-6-4-3-5-7-20;/h3-10,15-17,19,28H,11-14,18H2,1-2H3;1H. The van der Waals surface area contributed by atoms with Crippen LogP contribution in [0.25, 0.3) is 16.6 Å². The minimum atomic E-state index is -0.101. The number of aromatic amines is 1. The molecule has 0 spiro atoms. The normalized spacial score (nSPS) is 14.0. The van der Waals surface area contributed by atoms with Crippen molar-refractivity contribution in [2.75, 3.05) is 13.1 Å². The Morgan fingerprint density at radius 3 is 2.55 bits per heavy atom. The first-order chi connectivity index (χ1) is 15.6. The van der Waals surface area contributed by atoms with Gasteiger partial charge < -0.3 is 14.6 Å². The molecule has 1 aliphatic rings. The third kappa shape index (κ3) is 4.85. The average Bonchev–Trinajstić information content (AvgIpc) is 3.00. The van der Waals surface area contributed by atoms with Gasteiger partial charge in [0, 0.05) is 54.4 Å². The summed E-state index contributed by atoms with van der Waals surface area (Å²) in [5.74, 6) is 0.581. The number of hydrogen-bond acceptors (Lipinski definition) is 3. The van der Waals surface area contributed by atoms with Gasteiger partial charge in [-0.15, -0.1) is 12.4 Å². The van der Waals surface area contributed by atoms with Gasteiger partial charge in [-0.25, -0.2) is 0 Å². The molecule has 1 N–H and O–H groups in total. The van der Waals surface area contributed by atoms with Crippen LogP contribution in [-0.2, 0) is 19.4 Å². The maximum absolute atomic E-state index is 12.8. The van der Waals surface area contributed by atoms with Gasteiger partial charge in [-0.3, -0.25) is 9.36 Å². The first-order valence-corrected chi connectivity index (χ1v) is 11.4. The van der Waals surface area contributed by atoms with E-state index in [1.54, 1.807) is 16.8 Å². The number of rotatable bonds is 5. The maximum atomic E-state index is 12.8. The van der Waals surface area contributed by atoms with Crippen LogP contribution in [0, 0.1) is 0 Å². The molecule has 6 heteroatoms. The molecule has 0 amide bonds. The summed E-state index contributed by atoms with van der Waals surface area (Å²) in [6, 6.07) is 20.2. The minimum Gasteiger partial charge on any atom is -0.489 e. The highest BCUT2D eigenvalue weighted by atomic mass is 35.5. The Kier molecular flexibility index (Phi) is 6.91. The Labute approximate surface area is 200 Å². The van der Waals surface area contributed by atoms with E-state index < -0.39 is 0 Å². The van der Waals surface area contributed by atoms with Gasteiger partial charge in [0.05, 0.1) is 5.69 Å². The smallest absolute Gasteiger partial charge is 0.258 e. The molecule has 0 unspecified atom stereocenters. The molecule has 0 saturated carbocycles. The molecule has 0 saturated heterocycles. The van der Waals surface area contributed by atoms with Crippen molar-refractivity contribution >= 4 is 23.3 Å². The molecule has 5 rings (SSSR count). The zero-order valence-electron chi connectivity index (χ0n) is 19.1. The van der Waals surface area contributed by atoms with Crippen LogP contribution in [-0.4, -0.2) is 33.6 Å². The van der Waals surface area contributed by atoms with Crippen LogP contribution >= 0.6 is 12.4 Å². The first-order valence-electron chi connectivity index (χ1n) is 11.4. The Balaban J connectivity index is 0.00000259.